The van der Waals surface area contributed by atoms with E-state index in [1.807, 2.05) is 0 Å². The number of amides is 2. The van der Waals surface area contributed by atoms with Gasteiger partial charge in [-0.15, -0.1) is 0 Å². The maximum absolute atomic E-state index is 12.9. The van der Waals surface area contributed by atoms with E-state index in [0.29, 0.717) is 33.0 Å². The Labute approximate surface area is 186 Å². The highest BCUT2D eigenvalue weighted by Crippen LogP contribution is 2.27. The standard InChI is InChI=1S/C23H15BrClNO4/c24-15-7-10-20(19(13-15)21(27)14-5-8-16(25)9-6-14)30-12-11-26-22(28)17-3-1-2-4-18(17)23(26)29/h1-10,13H,11-12H2. The summed E-state index contributed by atoms with van der Waals surface area (Å²) in [5.74, 6) is -0.529. The zero-order valence-electron chi connectivity index (χ0n) is 15.6. The molecular weight excluding hydrogens is 470 g/mol. The number of nitrogens with zero attached hydrogens (tertiary/aromatic N) is 1. The van der Waals surface area contributed by atoms with Crippen LogP contribution in [0, 0.1) is 0 Å². The smallest absolute Gasteiger partial charge is 0.261 e. The molecule has 150 valence electrons. The van der Waals surface area contributed by atoms with Gasteiger partial charge in [-0.25, -0.2) is 0 Å². The lowest BCUT2D eigenvalue weighted by Crippen LogP contribution is -2.33. The second-order valence-corrected chi connectivity index (χ2v) is 7.98. The molecule has 4 rings (SSSR count). The van der Waals surface area contributed by atoms with E-state index in [-0.39, 0.29) is 30.7 Å². The first-order valence-corrected chi connectivity index (χ1v) is 10.3. The molecule has 5 nitrogen and oxygen atoms in total. The Morgan fingerprint density at radius 1 is 0.933 bits per heavy atom. The molecular formula is C23H15BrClNO4. The van der Waals surface area contributed by atoms with E-state index < -0.39 is 0 Å². The minimum absolute atomic E-state index is 0.0635. The monoisotopic (exact) mass is 483 g/mol. The lowest BCUT2D eigenvalue weighted by Gasteiger charge is -2.16. The molecule has 0 unspecified atom stereocenters. The minimum Gasteiger partial charge on any atom is -0.491 e. The SMILES string of the molecule is O=C(c1ccc(Cl)cc1)c1cc(Br)ccc1OCCN1C(=O)c2ccccc2C1=O. The number of carbonyl (C=O) groups excluding carboxylic acids is 3. The number of carbonyl (C=O) groups is 3. The predicted octanol–water partition coefficient (Wildman–Crippen LogP) is 5.01. The second kappa shape index (κ2) is 8.42. The molecule has 0 atom stereocenters. The van der Waals surface area contributed by atoms with Crippen molar-refractivity contribution in [2.24, 2.45) is 0 Å². The van der Waals surface area contributed by atoms with Crippen molar-refractivity contribution in [2.45, 2.75) is 0 Å². The van der Waals surface area contributed by atoms with Crippen LogP contribution in [0.5, 0.6) is 5.75 Å². The van der Waals surface area contributed by atoms with Gasteiger partial charge in [-0.1, -0.05) is 39.7 Å². The van der Waals surface area contributed by atoms with Gasteiger partial charge in [0.2, 0.25) is 0 Å². The summed E-state index contributed by atoms with van der Waals surface area (Å²) < 4.78 is 6.53. The molecule has 0 radical (unpaired) electrons. The number of rotatable bonds is 6. The molecule has 1 heterocycles. The zero-order chi connectivity index (χ0) is 21.3. The molecule has 7 heteroatoms. The van der Waals surface area contributed by atoms with Gasteiger partial charge in [-0.05, 0) is 54.6 Å². The van der Waals surface area contributed by atoms with E-state index in [0.717, 1.165) is 9.37 Å². The molecule has 0 aromatic heterocycles. The molecule has 0 saturated carbocycles. The summed E-state index contributed by atoms with van der Waals surface area (Å²) in [7, 11) is 0. The van der Waals surface area contributed by atoms with E-state index >= 15 is 0 Å². The molecule has 0 bridgehead atoms. The van der Waals surface area contributed by atoms with Gasteiger partial charge in [-0.2, -0.15) is 0 Å². The molecule has 0 saturated heterocycles. The number of benzene rings is 3. The number of hydrogen-bond donors (Lipinski definition) is 0. The lowest BCUT2D eigenvalue weighted by atomic mass is 10.0. The predicted molar refractivity (Wildman–Crippen MR) is 116 cm³/mol. The first-order chi connectivity index (χ1) is 14.5. The first-order valence-electron chi connectivity index (χ1n) is 9.13. The van der Waals surface area contributed by atoms with Crippen molar-refractivity contribution < 1.29 is 19.1 Å². The van der Waals surface area contributed by atoms with Crippen LogP contribution in [0.4, 0.5) is 0 Å². The van der Waals surface area contributed by atoms with E-state index in [2.05, 4.69) is 15.9 Å². The van der Waals surface area contributed by atoms with Crippen molar-refractivity contribution >= 4 is 45.1 Å². The van der Waals surface area contributed by atoms with Crippen LogP contribution >= 0.6 is 27.5 Å². The highest BCUT2D eigenvalue weighted by molar-refractivity contribution is 9.10. The number of ketones is 1. The van der Waals surface area contributed by atoms with E-state index in [1.54, 1.807) is 66.7 Å². The zero-order valence-corrected chi connectivity index (χ0v) is 17.9. The first kappa shape index (κ1) is 20.3. The Balaban J connectivity index is 1.50. The Morgan fingerprint density at radius 2 is 1.57 bits per heavy atom. The summed E-state index contributed by atoms with van der Waals surface area (Å²) in [4.78, 5) is 39.0. The molecule has 1 aliphatic heterocycles. The van der Waals surface area contributed by atoms with Gasteiger partial charge >= 0.3 is 0 Å². The van der Waals surface area contributed by atoms with Crippen LogP contribution in [-0.4, -0.2) is 35.6 Å². The fraction of sp³-hybridized carbons (Fsp3) is 0.0870. The van der Waals surface area contributed by atoms with Crippen LogP contribution in [0.25, 0.3) is 0 Å². The number of hydrogen-bond acceptors (Lipinski definition) is 4. The number of imide groups is 1. The highest BCUT2D eigenvalue weighted by atomic mass is 79.9. The summed E-state index contributed by atoms with van der Waals surface area (Å²) in [5, 5.41) is 0.540. The largest absolute Gasteiger partial charge is 0.491 e. The van der Waals surface area contributed by atoms with Gasteiger partial charge in [0.05, 0.1) is 23.2 Å². The van der Waals surface area contributed by atoms with Gasteiger partial charge in [0.15, 0.2) is 5.78 Å². The molecule has 0 fully saturated rings. The topological polar surface area (TPSA) is 63.7 Å². The molecule has 2 amide bonds. The normalized spacial score (nSPS) is 12.8. The van der Waals surface area contributed by atoms with Crippen molar-refractivity contribution in [2.75, 3.05) is 13.2 Å². The second-order valence-electron chi connectivity index (χ2n) is 6.63. The molecule has 0 aliphatic carbocycles. The Bertz CT molecular complexity index is 1130. The quantitative estimate of drug-likeness (QED) is 0.364. The fourth-order valence-corrected chi connectivity index (χ4v) is 3.74. The molecule has 3 aromatic carbocycles. The summed E-state index contributed by atoms with van der Waals surface area (Å²) in [6, 6.07) is 18.4. The average Bonchev–Trinajstić information content (AvgIpc) is 3.00. The van der Waals surface area contributed by atoms with Crippen LogP contribution in [0.15, 0.2) is 71.2 Å². The fourth-order valence-electron chi connectivity index (χ4n) is 3.25. The van der Waals surface area contributed by atoms with Gasteiger partial charge in [0.1, 0.15) is 12.4 Å². The third-order valence-electron chi connectivity index (χ3n) is 4.74. The highest BCUT2D eigenvalue weighted by Gasteiger charge is 2.34. The number of halogens is 2. The van der Waals surface area contributed by atoms with Crippen LogP contribution in [0.3, 0.4) is 0 Å². The summed E-state index contributed by atoms with van der Waals surface area (Å²) in [6.45, 7) is 0.144. The van der Waals surface area contributed by atoms with Crippen molar-refractivity contribution in [3.63, 3.8) is 0 Å². The van der Waals surface area contributed by atoms with Crippen LogP contribution in [-0.2, 0) is 0 Å². The summed E-state index contributed by atoms with van der Waals surface area (Å²) in [5.41, 5.74) is 1.63. The molecule has 0 N–H and O–H groups in total. The summed E-state index contributed by atoms with van der Waals surface area (Å²) >= 11 is 9.28. The molecule has 3 aromatic rings. The Morgan fingerprint density at radius 3 is 2.20 bits per heavy atom. The maximum Gasteiger partial charge on any atom is 0.261 e. The van der Waals surface area contributed by atoms with Gasteiger partial charge in [-0.3, -0.25) is 19.3 Å². The average molecular weight is 485 g/mol. The maximum atomic E-state index is 12.9. The summed E-state index contributed by atoms with van der Waals surface area (Å²) in [6.07, 6.45) is 0. The lowest BCUT2D eigenvalue weighted by molar-refractivity contribution is 0.0630. The molecule has 1 aliphatic rings. The van der Waals surface area contributed by atoms with Crippen LogP contribution in [0.2, 0.25) is 5.02 Å². The number of ether oxygens (including phenoxy) is 1. The van der Waals surface area contributed by atoms with Gasteiger partial charge in [0, 0.05) is 15.1 Å². The van der Waals surface area contributed by atoms with Crippen LogP contribution < -0.4 is 4.74 Å². The van der Waals surface area contributed by atoms with Crippen LogP contribution in [0.1, 0.15) is 36.6 Å². The molecule has 30 heavy (non-hydrogen) atoms. The van der Waals surface area contributed by atoms with Crippen molar-refractivity contribution in [1.82, 2.24) is 4.90 Å². The Kier molecular flexibility index (Phi) is 5.70. The van der Waals surface area contributed by atoms with E-state index in [4.69, 9.17) is 16.3 Å². The van der Waals surface area contributed by atoms with Crippen molar-refractivity contribution in [3.05, 3.63) is 98.5 Å². The third-order valence-corrected chi connectivity index (χ3v) is 5.49. The number of fused-ring (bicyclic) bond motifs is 1. The Hall–Kier alpha value is -2.96. The van der Waals surface area contributed by atoms with E-state index in [1.165, 1.54) is 0 Å². The van der Waals surface area contributed by atoms with Gasteiger partial charge < -0.3 is 4.74 Å². The third kappa shape index (κ3) is 3.88. The molecule has 0 spiro atoms. The van der Waals surface area contributed by atoms with Crippen molar-refractivity contribution in [1.29, 1.82) is 0 Å². The minimum atomic E-state index is -0.340. The van der Waals surface area contributed by atoms with E-state index in [9.17, 15) is 14.4 Å². The van der Waals surface area contributed by atoms with Crippen molar-refractivity contribution in [3.8, 4) is 5.75 Å². The van der Waals surface area contributed by atoms with Gasteiger partial charge in [0.25, 0.3) is 11.8 Å².